The Labute approximate surface area is 463 Å². The van der Waals surface area contributed by atoms with Crippen molar-refractivity contribution < 1.29 is 32.1 Å². The highest BCUT2D eigenvalue weighted by molar-refractivity contribution is 6.35. The zero-order chi connectivity index (χ0) is 57.4. The number of aliphatic hydroxyl groups excluding tert-OH is 1. The van der Waals surface area contributed by atoms with Crippen molar-refractivity contribution in [2.24, 2.45) is 0 Å². The van der Waals surface area contributed by atoms with Crippen LogP contribution < -0.4 is 32.1 Å². The number of H-pyrrole nitrogens is 1. The number of pyridine rings is 2. The number of methoxy groups -OCH3 is 2. The number of hydrogen-bond donors (Lipinski definition) is 4. The van der Waals surface area contributed by atoms with Gasteiger partial charge in [-0.25, -0.2) is 43.4 Å². The van der Waals surface area contributed by atoms with Gasteiger partial charge in [0.1, 0.15) is 53.8 Å². The van der Waals surface area contributed by atoms with Crippen molar-refractivity contribution in [3.63, 3.8) is 0 Å². The zero-order valence-corrected chi connectivity index (χ0v) is 44.0. The van der Waals surface area contributed by atoms with Gasteiger partial charge in [-0.05, 0) is 86.6 Å². The molecule has 4 aromatic carbocycles. The van der Waals surface area contributed by atoms with Gasteiger partial charge in [-0.15, -0.1) is 0 Å². The number of hydrogen-bond acceptors (Lipinski definition) is 17. The first-order chi connectivity index (χ1) is 39.0. The van der Waals surface area contributed by atoms with Gasteiger partial charge in [-0.1, -0.05) is 35.3 Å². The second-order valence-corrected chi connectivity index (χ2v) is 18.3. The van der Waals surface area contributed by atoms with Gasteiger partial charge in [0.25, 0.3) is 11.1 Å². The maximum absolute atomic E-state index is 15.2. The highest BCUT2D eigenvalue weighted by Crippen LogP contribution is 2.38. The maximum Gasteiger partial charge on any atom is 0.267 e. The number of rotatable bonds is 9. The normalized spacial score (nSPS) is 12.0. The summed E-state index contributed by atoms with van der Waals surface area (Å²) in [6, 6.07) is 21.4. The molecule has 0 aliphatic rings. The number of aliphatic hydroxyl groups is 1. The molecule has 27 heteroatoms. The van der Waals surface area contributed by atoms with E-state index in [1.165, 1.54) is 77.3 Å². The van der Waals surface area contributed by atoms with Crippen LogP contribution in [-0.2, 0) is 0 Å². The number of nitrogen functional groups attached to an aromatic ring is 2. The van der Waals surface area contributed by atoms with Crippen molar-refractivity contribution in [3.8, 4) is 45.4 Å². The Balaban J connectivity index is 0.000000151. The average Bonchev–Trinajstić information content (AvgIpc) is 4.11. The van der Waals surface area contributed by atoms with Crippen LogP contribution in [0.3, 0.4) is 0 Å². The third-order valence-electron chi connectivity index (χ3n) is 12.6. The van der Waals surface area contributed by atoms with Gasteiger partial charge >= 0.3 is 0 Å². The lowest BCUT2D eigenvalue weighted by Gasteiger charge is -2.19. The molecule has 0 unspecified atom stereocenters. The summed E-state index contributed by atoms with van der Waals surface area (Å²) in [4.78, 5) is 60.0. The predicted molar refractivity (Wildman–Crippen MR) is 294 cm³/mol. The summed E-state index contributed by atoms with van der Waals surface area (Å²) >= 11 is 12.5. The minimum atomic E-state index is -1.18. The van der Waals surface area contributed by atoms with E-state index in [-0.39, 0.29) is 89.9 Å². The molecule has 2 atom stereocenters. The molecule has 0 fully saturated rings. The molecule has 81 heavy (non-hydrogen) atoms. The fraction of sp³-hybridized carbons (Fsp3) is 0.111. The summed E-state index contributed by atoms with van der Waals surface area (Å²) < 4.78 is 71.5. The van der Waals surface area contributed by atoms with Crippen molar-refractivity contribution in [2.45, 2.75) is 26.0 Å². The molecular formula is C54H40Cl2F4N16O5. The minimum Gasteiger partial charge on any atom is -0.494 e. The second-order valence-electron chi connectivity index (χ2n) is 17.5. The summed E-state index contributed by atoms with van der Waals surface area (Å²) in [6.07, 6.45) is 7.82. The lowest BCUT2D eigenvalue weighted by Crippen LogP contribution is -2.28. The van der Waals surface area contributed by atoms with E-state index in [9.17, 15) is 27.9 Å². The number of aromatic amines is 1. The summed E-state index contributed by atoms with van der Waals surface area (Å²) in [5, 5.41) is 22.7. The largest absolute Gasteiger partial charge is 0.494 e. The second kappa shape index (κ2) is 22.4. The van der Waals surface area contributed by atoms with Gasteiger partial charge in [-0.2, -0.15) is 19.0 Å². The van der Waals surface area contributed by atoms with Gasteiger partial charge < -0.3 is 26.0 Å². The quantitative estimate of drug-likeness (QED) is 0.0980. The van der Waals surface area contributed by atoms with Crippen molar-refractivity contribution in [1.29, 1.82) is 0 Å². The maximum atomic E-state index is 15.2. The van der Waals surface area contributed by atoms with Gasteiger partial charge in [0.2, 0.25) is 11.6 Å². The van der Waals surface area contributed by atoms with E-state index in [4.69, 9.17) is 49.1 Å². The monoisotopic (exact) mass is 1140 g/mol. The predicted octanol–water partition coefficient (Wildman–Crippen LogP) is 9.10. The van der Waals surface area contributed by atoms with Gasteiger partial charge in [0.15, 0.2) is 34.4 Å². The van der Waals surface area contributed by atoms with E-state index in [0.29, 0.717) is 38.2 Å². The molecule has 8 heterocycles. The van der Waals surface area contributed by atoms with E-state index in [0.717, 1.165) is 0 Å². The summed E-state index contributed by atoms with van der Waals surface area (Å²) in [7, 11) is 2.50. The summed E-state index contributed by atoms with van der Waals surface area (Å²) in [5.41, 5.74) is 13.5. The molecule has 0 radical (unpaired) electrons. The van der Waals surface area contributed by atoms with E-state index in [1.807, 2.05) is 0 Å². The van der Waals surface area contributed by atoms with Crippen LogP contribution in [0, 0.1) is 23.3 Å². The molecule has 0 saturated carbocycles. The number of ether oxygens (including phenoxy) is 2. The molecular weight excluding hydrogens is 1100 g/mol. The Hall–Kier alpha value is -9.98. The van der Waals surface area contributed by atoms with Gasteiger partial charge in [0.05, 0.1) is 86.3 Å². The number of benzene rings is 4. The number of anilines is 2. The van der Waals surface area contributed by atoms with E-state index in [1.54, 1.807) is 86.9 Å². The molecule has 0 amide bonds. The molecule has 21 nitrogen and oxygen atoms in total. The van der Waals surface area contributed by atoms with Crippen LogP contribution in [0.2, 0.25) is 10.0 Å². The third kappa shape index (κ3) is 9.89. The number of halogens is 6. The Bertz CT molecular complexity index is 4510. The molecule has 6 N–H and O–H groups in total. The van der Waals surface area contributed by atoms with Crippen LogP contribution in [0.15, 0.2) is 132 Å². The van der Waals surface area contributed by atoms with Crippen LogP contribution >= 0.6 is 23.2 Å². The van der Waals surface area contributed by atoms with Crippen LogP contribution in [-0.4, -0.2) is 88.3 Å². The first kappa shape index (κ1) is 54.4. The number of nitrogens with two attached hydrogens (primary N) is 2. The third-order valence-corrected chi connectivity index (χ3v) is 13.3. The fourth-order valence-corrected chi connectivity index (χ4v) is 9.34. The Kier molecular flexibility index (Phi) is 15.0. The molecule has 0 spiro atoms. The fourth-order valence-electron chi connectivity index (χ4n) is 8.84. The topological polar surface area (TPSA) is 284 Å². The Morgan fingerprint density at radius 3 is 1.68 bits per heavy atom. The van der Waals surface area contributed by atoms with Crippen molar-refractivity contribution in [1.82, 2.24) is 69.0 Å². The molecule has 12 rings (SSSR count). The zero-order valence-electron chi connectivity index (χ0n) is 42.5. The molecule has 12 aromatic rings. The SMILES string of the molecule is COc1ccc(-c2[nH]nc3ncnc(N)c23)c(F)c1F.COc1ccc(-c2nn([C@@H](C)c3nc4cccc(Cl)c4c(=O)n3-c3cccnc3)c3ncnc(N)c23)c(F)c1F.C[C@@H](O)c1nc2cccc(Cl)c2c(=O)n1-c1cccnc1. The van der Waals surface area contributed by atoms with Gasteiger partial charge in [0, 0.05) is 23.5 Å². The molecule has 0 saturated heterocycles. The van der Waals surface area contributed by atoms with E-state index < -0.39 is 41.0 Å². The average molecular weight is 1140 g/mol. The Morgan fingerprint density at radius 2 is 1.14 bits per heavy atom. The number of aromatic nitrogens is 14. The van der Waals surface area contributed by atoms with Crippen molar-refractivity contribution >= 4 is 78.7 Å². The number of nitrogens with zero attached hydrogens (tertiary/aromatic N) is 13. The van der Waals surface area contributed by atoms with Crippen LogP contribution in [0.1, 0.15) is 37.6 Å². The van der Waals surface area contributed by atoms with E-state index in [2.05, 4.69) is 50.2 Å². The minimum absolute atomic E-state index is 0.0111. The highest BCUT2D eigenvalue weighted by atomic mass is 35.5. The first-order valence-electron chi connectivity index (χ1n) is 23.9. The summed E-state index contributed by atoms with van der Waals surface area (Å²) in [6.45, 7) is 3.30. The number of fused-ring (bicyclic) bond motifs is 4. The Morgan fingerprint density at radius 1 is 0.617 bits per heavy atom. The molecule has 0 aliphatic heterocycles. The van der Waals surface area contributed by atoms with E-state index >= 15 is 4.39 Å². The lowest BCUT2D eigenvalue weighted by atomic mass is 10.1. The smallest absolute Gasteiger partial charge is 0.267 e. The highest BCUT2D eigenvalue weighted by Gasteiger charge is 2.29. The molecule has 8 aromatic heterocycles. The number of nitrogens with one attached hydrogen (secondary N) is 1. The van der Waals surface area contributed by atoms with Crippen molar-refractivity contribution in [2.75, 3.05) is 25.7 Å². The lowest BCUT2D eigenvalue weighted by molar-refractivity contribution is 0.186. The molecule has 408 valence electrons. The van der Waals surface area contributed by atoms with Crippen LogP contribution in [0.25, 0.3) is 77.8 Å². The molecule has 0 bridgehead atoms. The summed E-state index contributed by atoms with van der Waals surface area (Å²) in [5.74, 6) is -4.27. The van der Waals surface area contributed by atoms with Crippen LogP contribution in [0.5, 0.6) is 11.5 Å². The van der Waals surface area contributed by atoms with Crippen LogP contribution in [0.4, 0.5) is 29.2 Å². The first-order valence-corrected chi connectivity index (χ1v) is 24.7. The van der Waals surface area contributed by atoms with Gasteiger partial charge in [-0.3, -0.25) is 33.8 Å². The molecule has 0 aliphatic carbocycles. The standard InChI is InChI=1S/C27H19ClF2N8O2.C15H12ClN3O2.C12H9F2N5O/c1-13(25-35-17-7-3-6-16(28)19(17)27(39)37(25)14-5-4-10-32-11-14)38-26-20(24(31)33-12-34-26)23(36-38)15-8-9-18(40-2)22(30)21(15)29;1-9(20)14-18-12-6-2-5-11(16)13(12)15(21)19(14)10-4-3-7-17-8-10;1-20-6-3-2-5(8(13)9(6)14)10-7-11(15)16-4-17-12(7)19-18-10/h3-13H,1-2H3,(H2,31,33,34);2-9,20H,1H3;2-4H,1H3,(H3,15,16,17,18,19)/t13-;9-;/m01./s1. The van der Waals surface area contributed by atoms with Crippen molar-refractivity contribution in [3.05, 3.63) is 188 Å².